The Bertz CT molecular complexity index is 3080. The van der Waals surface area contributed by atoms with Gasteiger partial charge >= 0.3 is 0 Å². The Morgan fingerprint density at radius 3 is 1.90 bits per heavy atom. The number of thiophene rings is 1. The Hall–Kier alpha value is -6.23. The van der Waals surface area contributed by atoms with Crippen LogP contribution in [0.15, 0.2) is 164 Å². The van der Waals surface area contributed by atoms with Gasteiger partial charge in [0.2, 0.25) is 0 Å². The summed E-state index contributed by atoms with van der Waals surface area (Å²) in [5.41, 5.74) is 9.96. The van der Waals surface area contributed by atoms with Gasteiger partial charge in [-0.1, -0.05) is 153 Å². The van der Waals surface area contributed by atoms with Gasteiger partial charge in [-0.05, 0) is 63.2 Å². The highest BCUT2D eigenvalue weighted by atomic mass is 32.1. The Morgan fingerprint density at radius 2 is 1.12 bits per heavy atom. The molecule has 0 radical (unpaired) electrons. The summed E-state index contributed by atoms with van der Waals surface area (Å²) in [5, 5.41) is 1.80. The number of nitrogens with zero attached hydrogens (tertiary/aromatic N) is 3. The molecule has 0 N–H and O–H groups in total. The average molecular weight is 689 g/mol. The van der Waals surface area contributed by atoms with Crippen molar-refractivity contribution in [1.82, 2.24) is 15.0 Å². The molecule has 0 saturated carbocycles. The molecule has 0 unspecified atom stereocenters. The molecular formula is C48H33N3S. The highest BCUT2D eigenvalue weighted by Crippen LogP contribution is 2.50. The second kappa shape index (κ2) is 11.9. The third-order valence-corrected chi connectivity index (χ3v) is 11.4. The van der Waals surface area contributed by atoms with Crippen molar-refractivity contribution < 1.29 is 6.85 Å². The summed E-state index contributed by atoms with van der Waals surface area (Å²) in [5.74, 6) is 1.63. The second-order valence-corrected chi connectivity index (χ2v) is 14.7. The van der Waals surface area contributed by atoms with Crippen molar-refractivity contribution in [1.29, 1.82) is 0 Å². The van der Waals surface area contributed by atoms with Gasteiger partial charge in [0.1, 0.15) is 0 Å². The third-order valence-electron chi connectivity index (χ3n) is 10.2. The lowest BCUT2D eigenvalue weighted by molar-refractivity contribution is 0.660. The van der Waals surface area contributed by atoms with Crippen molar-refractivity contribution in [2.75, 3.05) is 0 Å². The van der Waals surface area contributed by atoms with Gasteiger partial charge in [-0.15, -0.1) is 11.3 Å². The van der Waals surface area contributed by atoms with Crippen molar-refractivity contribution in [3.8, 4) is 67.5 Å². The molecule has 0 bridgehead atoms. The Labute approximate surface area is 314 Å². The molecular weight excluding hydrogens is 651 g/mol. The van der Waals surface area contributed by atoms with E-state index in [0.717, 1.165) is 48.0 Å². The highest BCUT2D eigenvalue weighted by Gasteiger charge is 2.35. The number of rotatable bonds is 5. The Morgan fingerprint density at radius 1 is 0.481 bits per heavy atom. The topological polar surface area (TPSA) is 38.7 Å². The number of fused-ring (bicyclic) bond motifs is 6. The van der Waals surface area contributed by atoms with Gasteiger partial charge in [-0.25, -0.2) is 15.0 Å². The first-order valence-corrected chi connectivity index (χ1v) is 18.1. The van der Waals surface area contributed by atoms with Crippen LogP contribution >= 0.6 is 11.3 Å². The summed E-state index contributed by atoms with van der Waals surface area (Å²) < 4.78 is 45.0. The van der Waals surface area contributed by atoms with Crippen LogP contribution in [0, 0.1) is 0 Å². The molecule has 0 amide bonds. The molecule has 1 aliphatic rings. The zero-order valence-corrected chi connectivity index (χ0v) is 29.3. The third kappa shape index (κ3) is 4.90. The standard InChI is InChI=1S/C48H33N3S/c1-48(2)40-23-13-12-21-35(40)38-27-33(25-26-41(38)48)46-49-45(32-19-10-5-11-20-32)50-47(51-46)36-22-14-24-42-43(36)39-29-34(30-15-6-3-7-16-30)28-37(44(39)52-42)31-17-8-4-9-18-31/h3-29H,1-2H3/i4D,8D,9D,17D,18D. The summed E-state index contributed by atoms with van der Waals surface area (Å²) in [6.07, 6.45) is 0. The minimum atomic E-state index is -0.418. The molecule has 0 aliphatic heterocycles. The van der Waals surface area contributed by atoms with Gasteiger partial charge in [0, 0.05) is 47.8 Å². The van der Waals surface area contributed by atoms with Crippen LogP contribution in [-0.4, -0.2) is 15.0 Å². The first kappa shape index (κ1) is 25.7. The predicted molar refractivity (Wildman–Crippen MR) is 217 cm³/mol. The van der Waals surface area contributed by atoms with Gasteiger partial charge in [0.15, 0.2) is 17.5 Å². The highest BCUT2D eigenvalue weighted by molar-refractivity contribution is 7.26. The smallest absolute Gasteiger partial charge is 0.164 e. The summed E-state index contributed by atoms with van der Waals surface area (Å²) in [6.45, 7) is 4.54. The first-order chi connectivity index (χ1) is 27.6. The van der Waals surface area contributed by atoms with E-state index in [-0.39, 0.29) is 35.1 Å². The molecule has 9 aromatic rings. The lowest BCUT2D eigenvalue weighted by Crippen LogP contribution is -2.14. The molecule has 0 spiro atoms. The predicted octanol–water partition coefficient (Wildman–Crippen LogP) is 12.9. The van der Waals surface area contributed by atoms with Gasteiger partial charge < -0.3 is 0 Å². The van der Waals surface area contributed by atoms with Crippen LogP contribution in [-0.2, 0) is 5.41 Å². The van der Waals surface area contributed by atoms with Crippen LogP contribution in [0.4, 0.5) is 0 Å². The van der Waals surface area contributed by atoms with E-state index in [4.69, 9.17) is 21.8 Å². The van der Waals surface area contributed by atoms with Gasteiger partial charge in [0.25, 0.3) is 0 Å². The maximum atomic E-state index is 8.96. The fourth-order valence-corrected chi connectivity index (χ4v) is 8.91. The Kier molecular flexibility index (Phi) is 5.89. The average Bonchev–Trinajstić information content (AvgIpc) is 3.74. The van der Waals surface area contributed by atoms with E-state index in [1.807, 2.05) is 78.9 Å². The van der Waals surface area contributed by atoms with Crippen LogP contribution < -0.4 is 0 Å². The zero-order valence-electron chi connectivity index (χ0n) is 33.5. The van der Waals surface area contributed by atoms with Crippen LogP contribution in [0.3, 0.4) is 0 Å². The Balaban J connectivity index is 1.25. The lowest BCUT2D eigenvalue weighted by atomic mass is 9.82. The van der Waals surface area contributed by atoms with E-state index >= 15 is 0 Å². The molecule has 1 aliphatic carbocycles. The van der Waals surface area contributed by atoms with E-state index in [1.54, 1.807) is 0 Å². The SMILES string of the molecule is [2H]c1c([2H])c([2H])c(-c2cc(-c3ccccc3)cc3c2sc2cccc(-c4nc(-c5ccccc5)nc(-c5ccc6c(c5)-c5ccccc5C6(C)C)n4)c23)c([2H])c1[2H]. The minimum absolute atomic E-state index is 0.133. The van der Waals surface area contributed by atoms with Crippen LogP contribution in [0.5, 0.6) is 0 Å². The number of benzene rings is 7. The van der Waals surface area contributed by atoms with Crippen molar-refractivity contribution in [3.63, 3.8) is 0 Å². The molecule has 4 heteroatoms. The molecule has 7 aromatic carbocycles. The van der Waals surface area contributed by atoms with Crippen molar-refractivity contribution in [2.24, 2.45) is 0 Å². The quantitative estimate of drug-likeness (QED) is 0.181. The lowest BCUT2D eigenvalue weighted by Gasteiger charge is -2.21. The second-order valence-electron chi connectivity index (χ2n) is 13.7. The van der Waals surface area contributed by atoms with E-state index in [2.05, 4.69) is 68.4 Å². The number of hydrogen-bond donors (Lipinski definition) is 0. The van der Waals surface area contributed by atoms with E-state index in [9.17, 15) is 0 Å². The fraction of sp³-hybridized carbons (Fsp3) is 0.0625. The largest absolute Gasteiger partial charge is 0.208 e. The van der Waals surface area contributed by atoms with Gasteiger partial charge in [-0.3, -0.25) is 0 Å². The summed E-state index contributed by atoms with van der Waals surface area (Å²) in [4.78, 5) is 15.5. The molecule has 0 saturated heterocycles. The molecule has 246 valence electrons. The maximum Gasteiger partial charge on any atom is 0.164 e. The van der Waals surface area contributed by atoms with Crippen molar-refractivity contribution in [3.05, 3.63) is 175 Å². The normalized spacial score (nSPS) is 14.3. The molecule has 2 heterocycles. The van der Waals surface area contributed by atoms with E-state index in [0.29, 0.717) is 23.0 Å². The minimum Gasteiger partial charge on any atom is -0.208 e. The monoisotopic (exact) mass is 688 g/mol. The van der Waals surface area contributed by atoms with Crippen LogP contribution in [0.25, 0.3) is 87.7 Å². The van der Waals surface area contributed by atoms with E-state index < -0.39 is 6.04 Å². The van der Waals surface area contributed by atoms with Crippen molar-refractivity contribution in [2.45, 2.75) is 19.3 Å². The maximum absolute atomic E-state index is 8.96. The number of aromatic nitrogens is 3. The fourth-order valence-electron chi connectivity index (χ4n) is 7.68. The molecule has 3 nitrogen and oxygen atoms in total. The molecule has 0 atom stereocenters. The summed E-state index contributed by atoms with van der Waals surface area (Å²) >= 11 is 1.53. The van der Waals surface area contributed by atoms with Crippen LogP contribution in [0.2, 0.25) is 0 Å². The van der Waals surface area contributed by atoms with Gasteiger partial charge in [-0.2, -0.15) is 0 Å². The summed E-state index contributed by atoms with van der Waals surface area (Å²) in [7, 11) is 0. The zero-order chi connectivity index (χ0) is 39.2. The molecule has 2 aromatic heterocycles. The van der Waals surface area contributed by atoms with Crippen molar-refractivity contribution >= 4 is 31.5 Å². The molecule has 0 fully saturated rings. The van der Waals surface area contributed by atoms with Gasteiger partial charge in [0.05, 0.1) is 6.85 Å². The van der Waals surface area contributed by atoms with Crippen LogP contribution in [0.1, 0.15) is 31.8 Å². The number of hydrogen-bond acceptors (Lipinski definition) is 4. The summed E-state index contributed by atoms with van der Waals surface area (Å²) in [6, 6.07) is 43.5. The molecule has 10 rings (SSSR count). The molecule has 52 heavy (non-hydrogen) atoms. The van der Waals surface area contributed by atoms with E-state index in [1.165, 1.54) is 33.6 Å². The first-order valence-electron chi connectivity index (χ1n) is 19.8.